The Hall–Kier alpha value is -2.44. The first-order valence-corrected chi connectivity index (χ1v) is 14.4. The van der Waals surface area contributed by atoms with Gasteiger partial charge in [-0.15, -0.1) is 46.2 Å². The first kappa shape index (κ1) is 31.1. The van der Waals surface area contributed by atoms with Crippen LogP contribution in [0.3, 0.4) is 0 Å². The topological polar surface area (TPSA) is 0 Å². The normalized spacial score (nSPS) is 12.9. The van der Waals surface area contributed by atoms with Crippen LogP contribution in [-0.4, -0.2) is 3.21 Å². The summed E-state index contributed by atoms with van der Waals surface area (Å²) in [5.41, 5.74) is 5.46. The zero-order chi connectivity index (χ0) is 25.3. The summed E-state index contributed by atoms with van der Waals surface area (Å²) in [6, 6.07) is 37.5. The van der Waals surface area contributed by atoms with E-state index in [1.165, 1.54) is 63.1 Å². The van der Waals surface area contributed by atoms with E-state index in [4.69, 9.17) is 0 Å². The van der Waals surface area contributed by atoms with Crippen molar-refractivity contribution in [1.29, 1.82) is 0 Å². The Kier molecular flexibility index (Phi) is 12.7. The Labute approximate surface area is 260 Å². The van der Waals surface area contributed by atoms with E-state index in [1.54, 1.807) is 27.4 Å². The Morgan fingerprint density at radius 3 is 1.46 bits per heavy atom. The van der Waals surface area contributed by atoms with Gasteiger partial charge in [-0.3, -0.25) is 6.08 Å². The van der Waals surface area contributed by atoms with Gasteiger partial charge < -0.3 is 24.8 Å². The molecule has 3 heteroatoms. The van der Waals surface area contributed by atoms with E-state index in [9.17, 15) is 0 Å². The maximum absolute atomic E-state index is 2.99. The van der Waals surface area contributed by atoms with Crippen molar-refractivity contribution < 1.29 is 49.0 Å². The van der Waals surface area contributed by atoms with Gasteiger partial charge in [-0.05, 0) is 24.0 Å². The van der Waals surface area contributed by atoms with Crippen molar-refractivity contribution in [3.63, 3.8) is 0 Å². The predicted molar refractivity (Wildman–Crippen MR) is 156 cm³/mol. The Morgan fingerprint density at radius 1 is 0.641 bits per heavy atom. The summed E-state index contributed by atoms with van der Waals surface area (Å²) < 4.78 is 1.78. The zero-order valence-electron chi connectivity index (χ0n) is 22.0. The number of rotatable bonds is 4. The molecule has 0 N–H and O–H groups in total. The van der Waals surface area contributed by atoms with Crippen LogP contribution in [0.2, 0.25) is 0 Å². The van der Waals surface area contributed by atoms with Crippen molar-refractivity contribution >= 4 is 24.8 Å². The van der Waals surface area contributed by atoms with Gasteiger partial charge in [0.1, 0.15) is 0 Å². The molecule has 0 spiro atoms. The van der Waals surface area contributed by atoms with E-state index in [2.05, 4.69) is 115 Å². The third kappa shape index (κ3) is 9.04. The molecule has 5 aromatic rings. The molecule has 0 radical (unpaired) electrons. The standard InChI is InChI=1S/C27H21.C5H5.C4H6.2ClH.Zr/c1-3-7-20(8-4-1)15-22-11-13-24-19-25-14-12-23(18-27(25)26(24)17-22)16-21-9-5-2-6-10-21;1-2-4-5-3-1;1-2-4-3-1;;;/h1-14,17-19H,15-16H2;1-3H,4H2;1-3H2;2*1H;/q2*-1;;;;+2/p-2. The molecular formula is C36H32Cl2Zr-2. The number of fused-ring (bicyclic) bond motifs is 3. The molecule has 5 aromatic carbocycles. The average Bonchev–Trinajstić information content (AvgIpc) is 3.61. The van der Waals surface area contributed by atoms with Crippen molar-refractivity contribution in [3.8, 4) is 0 Å². The molecule has 39 heavy (non-hydrogen) atoms. The minimum absolute atomic E-state index is 0. The summed E-state index contributed by atoms with van der Waals surface area (Å²) in [5, 5.41) is 5.40. The number of benzene rings is 4. The van der Waals surface area contributed by atoms with Crippen LogP contribution in [0, 0.1) is 6.08 Å². The van der Waals surface area contributed by atoms with E-state index in [-0.39, 0.29) is 24.8 Å². The van der Waals surface area contributed by atoms with Crippen LogP contribution in [0.15, 0.2) is 121 Å². The third-order valence-corrected chi connectivity index (χ3v) is 8.11. The second kappa shape index (κ2) is 16.0. The monoisotopic (exact) mass is 624 g/mol. The molecule has 0 atom stereocenters. The van der Waals surface area contributed by atoms with Gasteiger partial charge in [0.05, 0.1) is 0 Å². The largest absolute Gasteiger partial charge is 0.126 e. The SMILES string of the molecule is [C-]1=CC=CC1.[Cl-].[Cl-].[Zr+2]=[C]1CCC1.c1ccc(Cc2ccc3[cH-]c4ccc(Cc5ccccc5)cc4c3c2)cc1. The maximum atomic E-state index is 2.99. The van der Waals surface area contributed by atoms with Gasteiger partial charge in [0.15, 0.2) is 0 Å². The summed E-state index contributed by atoms with van der Waals surface area (Å²) in [4.78, 5) is 0. The van der Waals surface area contributed by atoms with E-state index in [1.807, 2.05) is 12.2 Å². The molecule has 2 aliphatic rings. The first-order valence-electron chi connectivity index (χ1n) is 13.2. The van der Waals surface area contributed by atoms with Crippen LogP contribution < -0.4 is 24.8 Å². The number of hydrogen-bond acceptors (Lipinski definition) is 0. The number of halogens is 2. The van der Waals surface area contributed by atoms with Crippen LogP contribution >= 0.6 is 0 Å². The van der Waals surface area contributed by atoms with Crippen LogP contribution in [0.5, 0.6) is 0 Å². The van der Waals surface area contributed by atoms with Gasteiger partial charge in [0.2, 0.25) is 0 Å². The van der Waals surface area contributed by atoms with Crippen molar-refractivity contribution in [2.45, 2.75) is 38.5 Å². The predicted octanol–water partition coefficient (Wildman–Crippen LogP) is 3.10. The fraction of sp³-hybridized carbons (Fsp3) is 0.167. The average molecular weight is 627 g/mol. The molecule has 0 bridgehead atoms. The molecule has 0 aliphatic heterocycles. The molecule has 2 aliphatic carbocycles. The van der Waals surface area contributed by atoms with Crippen LogP contribution in [0.4, 0.5) is 0 Å². The van der Waals surface area contributed by atoms with Gasteiger partial charge in [-0.25, -0.2) is 12.2 Å². The maximum Gasteiger partial charge on any atom is -0.00385 e. The van der Waals surface area contributed by atoms with E-state index >= 15 is 0 Å². The van der Waals surface area contributed by atoms with E-state index in [0.717, 1.165) is 19.3 Å². The van der Waals surface area contributed by atoms with Gasteiger partial charge in [0, 0.05) is 0 Å². The molecule has 0 saturated heterocycles. The van der Waals surface area contributed by atoms with Gasteiger partial charge in [-0.2, -0.15) is 6.08 Å². The molecule has 0 nitrogen and oxygen atoms in total. The van der Waals surface area contributed by atoms with Crippen molar-refractivity contribution in [1.82, 2.24) is 0 Å². The molecule has 0 amide bonds. The fourth-order valence-corrected chi connectivity index (χ4v) is 5.54. The molecule has 0 unspecified atom stereocenters. The Balaban J connectivity index is 0.000000295. The summed E-state index contributed by atoms with van der Waals surface area (Å²) in [7, 11) is 0. The minimum Gasteiger partial charge on any atom is -0.126 e. The molecular weight excluding hydrogens is 595 g/mol. The second-order valence-electron chi connectivity index (χ2n) is 9.77. The van der Waals surface area contributed by atoms with E-state index in [0.29, 0.717) is 0 Å². The van der Waals surface area contributed by atoms with Crippen LogP contribution in [0.25, 0.3) is 21.5 Å². The molecule has 196 valence electrons. The number of hydrogen-bond donors (Lipinski definition) is 0. The molecule has 1 saturated carbocycles. The fourth-order valence-electron chi connectivity index (χ4n) is 4.67. The number of allylic oxidation sites excluding steroid dienone is 4. The smallest absolute Gasteiger partial charge is 0.00385 e. The Morgan fingerprint density at radius 2 is 1.13 bits per heavy atom. The van der Waals surface area contributed by atoms with E-state index < -0.39 is 0 Å². The zero-order valence-corrected chi connectivity index (χ0v) is 26.0. The van der Waals surface area contributed by atoms with Crippen molar-refractivity contribution in [2.24, 2.45) is 0 Å². The summed E-state index contributed by atoms with van der Waals surface area (Å²) >= 11 is 1.67. The van der Waals surface area contributed by atoms with Crippen LogP contribution in [-0.2, 0) is 37.1 Å². The second-order valence-corrected chi connectivity index (χ2v) is 11.5. The van der Waals surface area contributed by atoms with Gasteiger partial charge in [-0.1, -0.05) is 96.1 Å². The summed E-state index contributed by atoms with van der Waals surface area (Å²) in [6.07, 6.45) is 16.3. The van der Waals surface area contributed by atoms with Crippen molar-refractivity contribution in [3.05, 3.63) is 150 Å². The quantitative estimate of drug-likeness (QED) is 0.269. The summed E-state index contributed by atoms with van der Waals surface area (Å²) in [6.45, 7) is 0. The van der Waals surface area contributed by atoms with Gasteiger partial charge >= 0.3 is 46.7 Å². The minimum atomic E-state index is 0. The molecule has 7 rings (SSSR count). The molecule has 0 aromatic heterocycles. The van der Waals surface area contributed by atoms with Crippen molar-refractivity contribution in [2.75, 3.05) is 0 Å². The summed E-state index contributed by atoms with van der Waals surface area (Å²) in [5.74, 6) is 0. The van der Waals surface area contributed by atoms with Crippen LogP contribution in [0.1, 0.15) is 47.9 Å². The first-order chi connectivity index (χ1) is 18.2. The Bertz CT molecular complexity index is 1420. The van der Waals surface area contributed by atoms with Gasteiger partial charge in [0.25, 0.3) is 0 Å². The molecule has 1 fully saturated rings. The third-order valence-electron chi connectivity index (χ3n) is 6.88. The molecule has 0 heterocycles.